The molecule has 1 atom stereocenters. The summed E-state index contributed by atoms with van der Waals surface area (Å²) in [5.74, 6) is -2.11. The van der Waals surface area contributed by atoms with Crippen LogP contribution < -0.4 is 10.6 Å². The summed E-state index contributed by atoms with van der Waals surface area (Å²) in [6.07, 6.45) is 0.597. The summed E-state index contributed by atoms with van der Waals surface area (Å²) in [6, 6.07) is -0.749. The Hall–Kier alpha value is -1.59. The second kappa shape index (κ2) is 3.04. The summed E-state index contributed by atoms with van der Waals surface area (Å²) in [7, 11) is 0. The van der Waals surface area contributed by atoms with Crippen LogP contribution in [0.1, 0.15) is 19.8 Å². The lowest BCUT2D eigenvalue weighted by atomic mass is 9.94. The fraction of sp³-hybridized carbons (Fsp3) is 0.571. The van der Waals surface area contributed by atoms with Crippen LogP contribution in [0.25, 0.3) is 0 Å². The summed E-state index contributed by atoms with van der Waals surface area (Å²) in [5, 5.41) is 12.8. The van der Waals surface area contributed by atoms with Crippen LogP contribution in [0.5, 0.6) is 0 Å². The molecule has 0 aromatic heterocycles. The first-order valence-electron chi connectivity index (χ1n) is 3.90. The Morgan fingerprint density at radius 1 is 1.54 bits per heavy atom. The van der Waals surface area contributed by atoms with E-state index >= 15 is 0 Å². The zero-order valence-electron chi connectivity index (χ0n) is 7.09. The topological polar surface area (TPSA) is 95.5 Å². The van der Waals surface area contributed by atoms with Crippen molar-refractivity contribution in [2.24, 2.45) is 0 Å². The fourth-order valence-electron chi connectivity index (χ4n) is 1.30. The molecule has 0 unspecified atom stereocenters. The second-order valence-electron chi connectivity index (χ2n) is 2.87. The summed E-state index contributed by atoms with van der Waals surface area (Å²) >= 11 is 0. The molecule has 3 amide bonds. The number of hydrogen-bond acceptors (Lipinski definition) is 3. The lowest BCUT2D eigenvalue weighted by Gasteiger charge is -2.19. The minimum Gasteiger partial charge on any atom is -0.479 e. The van der Waals surface area contributed by atoms with E-state index in [2.05, 4.69) is 5.32 Å². The van der Waals surface area contributed by atoms with Gasteiger partial charge in [-0.3, -0.25) is 10.1 Å². The Labute approximate surface area is 74.3 Å². The molecule has 13 heavy (non-hydrogen) atoms. The summed E-state index contributed by atoms with van der Waals surface area (Å²) in [6.45, 7) is 1.74. The van der Waals surface area contributed by atoms with E-state index in [-0.39, 0.29) is 6.42 Å². The number of rotatable bonds is 3. The molecule has 6 nitrogen and oxygen atoms in total. The highest BCUT2D eigenvalue weighted by molar-refractivity contribution is 6.18. The maximum Gasteiger partial charge on any atom is 0.339 e. The van der Waals surface area contributed by atoms with Crippen LogP contribution in [-0.2, 0) is 9.59 Å². The van der Waals surface area contributed by atoms with Gasteiger partial charge >= 0.3 is 12.0 Å². The van der Waals surface area contributed by atoms with Crippen LogP contribution in [0.2, 0.25) is 0 Å². The Kier molecular flexibility index (Phi) is 2.22. The first kappa shape index (κ1) is 9.50. The van der Waals surface area contributed by atoms with E-state index < -0.39 is 23.4 Å². The van der Waals surface area contributed by atoms with E-state index in [1.807, 2.05) is 5.32 Å². The van der Waals surface area contributed by atoms with Crippen molar-refractivity contribution in [1.29, 1.82) is 0 Å². The van der Waals surface area contributed by atoms with Gasteiger partial charge in [-0.1, -0.05) is 13.3 Å². The minimum absolute atomic E-state index is 0.0971. The van der Waals surface area contributed by atoms with E-state index in [0.717, 1.165) is 0 Å². The maximum atomic E-state index is 11.2. The molecule has 72 valence electrons. The van der Waals surface area contributed by atoms with Crippen LogP contribution in [0.15, 0.2) is 0 Å². The SMILES string of the molecule is CCC[C@@]1(C(=O)O)NC(=O)NC1=O. The number of urea groups is 1. The monoisotopic (exact) mass is 186 g/mol. The Bertz CT molecular complexity index is 276. The van der Waals surface area contributed by atoms with Gasteiger partial charge in [-0.2, -0.15) is 0 Å². The molecule has 6 heteroatoms. The van der Waals surface area contributed by atoms with Crippen molar-refractivity contribution in [1.82, 2.24) is 10.6 Å². The van der Waals surface area contributed by atoms with Gasteiger partial charge in [0.25, 0.3) is 5.91 Å². The van der Waals surface area contributed by atoms with Gasteiger partial charge in [0.15, 0.2) is 0 Å². The Morgan fingerprint density at radius 2 is 2.15 bits per heavy atom. The van der Waals surface area contributed by atoms with Crippen molar-refractivity contribution >= 4 is 17.9 Å². The standard InChI is InChI=1S/C7H10N2O4/c1-2-3-7(5(11)12)4(10)8-6(13)9-7/h2-3H2,1H3,(H,11,12)(H2,8,9,10,13)/t7-/m1/s1. The van der Waals surface area contributed by atoms with E-state index in [1.165, 1.54) is 0 Å². The molecule has 0 saturated carbocycles. The highest BCUT2D eigenvalue weighted by Crippen LogP contribution is 2.17. The number of nitrogens with one attached hydrogen (secondary N) is 2. The lowest BCUT2D eigenvalue weighted by Crippen LogP contribution is -2.53. The van der Waals surface area contributed by atoms with E-state index in [0.29, 0.717) is 6.42 Å². The molecule has 0 aromatic carbocycles. The predicted octanol–water partition coefficient (Wildman–Crippen LogP) is -0.551. The van der Waals surface area contributed by atoms with E-state index in [4.69, 9.17) is 5.11 Å². The van der Waals surface area contributed by atoms with Gasteiger partial charge in [0.2, 0.25) is 5.54 Å². The third-order valence-corrected chi connectivity index (χ3v) is 1.93. The second-order valence-corrected chi connectivity index (χ2v) is 2.87. The van der Waals surface area contributed by atoms with Gasteiger partial charge < -0.3 is 10.4 Å². The predicted molar refractivity (Wildman–Crippen MR) is 41.9 cm³/mol. The highest BCUT2D eigenvalue weighted by atomic mass is 16.4. The molecular weight excluding hydrogens is 176 g/mol. The average molecular weight is 186 g/mol. The molecule has 1 saturated heterocycles. The fourth-order valence-corrected chi connectivity index (χ4v) is 1.30. The number of hydrogen-bond donors (Lipinski definition) is 3. The molecule has 0 bridgehead atoms. The zero-order valence-corrected chi connectivity index (χ0v) is 7.09. The first-order chi connectivity index (χ1) is 6.03. The van der Waals surface area contributed by atoms with Gasteiger partial charge in [-0.15, -0.1) is 0 Å². The Balaban J connectivity index is 2.97. The number of carbonyl (C=O) groups is 3. The van der Waals surface area contributed by atoms with E-state index in [1.54, 1.807) is 6.92 Å². The number of imide groups is 1. The van der Waals surface area contributed by atoms with Crippen molar-refractivity contribution in [3.8, 4) is 0 Å². The quantitative estimate of drug-likeness (QED) is 0.407. The Morgan fingerprint density at radius 3 is 2.46 bits per heavy atom. The van der Waals surface area contributed by atoms with Crippen molar-refractivity contribution in [3.63, 3.8) is 0 Å². The number of carbonyl (C=O) groups excluding carboxylic acids is 2. The molecule has 0 radical (unpaired) electrons. The lowest BCUT2D eigenvalue weighted by molar-refractivity contribution is -0.148. The molecule has 3 N–H and O–H groups in total. The average Bonchev–Trinajstić information content (AvgIpc) is 2.28. The van der Waals surface area contributed by atoms with Gasteiger partial charge in [0.1, 0.15) is 0 Å². The molecule has 0 aromatic rings. The summed E-state index contributed by atoms with van der Waals surface area (Å²) in [5.41, 5.74) is -1.76. The third kappa shape index (κ3) is 1.34. The maximum absolute atomic E-state index is 11.2. The van der Waals surface area contributed by atoms with Crippen molar-refractivity contribution in [3.05, 3.63) is 0 Å². The van der Waals surface area contributed by atoms with Crippen molar-refractivity contribution in [2.45, 2.75) is 25.3 Å². The van der Waals surface area contributed by atoms with Crippen LogP contribution in [0.4, 0.5) is 4.79 Å². The van der Waals surface area contributed by atoms with Crippen LogP contribution in [-0.4, -0.2) is 28.6 Å². The van der Waals surface area contributed by atoms with Crippen molar-refractivity contribution in [2.75, 3.05) is 0 Å². The van der Waals surface area contributed by atoms with Gasteiger partial charge in [0, 0.05) is 0 Å². The molecule has 1 aliphatic rings. The number of aliphatic carboxylic acids is 1. The molecule has 0 aliphatic carbocycles. The summed E-state index contributed by atoms with van der Waals surface area (Å²) in [4.78, 5) is 32.7. The molecule has 1 heterocycles. The highest BCUT2D eigenvalue weighted by Gasteiger charge is 2.52. The largest absolute Gasteiger partial charge is 0.479 e. The summed E-state index contributed by atoms with van der Waals surface area (Å²) < 4.78 is 0. The molecule has 1 fully saturated rings. The first-order valence-corrected chi connectivity index (χ1v) is 3.90. The smallest absolute Gasteiger partial charge is 0.339 e. The molecule has 1 rings (SSSR count). The third-order valence-electron chi connectivity index (χ3n) is 1.93. The van der Waals surface area contributed by atoms with Crippen LogP contribution in [0.3, 0.4) is 0 Å². The van der Waals surface area contributed by atoms with Gasteiger partial charge in [0.05, 0.1) is 0 Å². The zero-order chi connectivity index (χ0) is 10.1. The van der Waals surface area contributed by atoms with E-state index in [9.17, 15) is 14.4 Å². The number of carboxylic acids is 1. The van der Waals surface area contributed by atoms with Gasteiger partial charge in [-0.25, -0.2) is 9.59 Å². The number of carboxylic acid groups (broad SMARTS) is 1. The number of amides is 3. The molecule has 1 aliphatic heterocycles. The molecule has 0 spiro atoms. The van der Waals surface area contributed by atoms with Crippen LogP contribution in [0, 0.1) is 0 Å². The molecular formula is C7H10N2O4. The minimum atomic E-state index is -1.76. The van der Waals surface area contributed by atoms with Gasteiger partial charge in [-0.05, 0) is 6.42 Å². The normalized spacial score (nSPS) is 26.8. The van der Waals surface area contributed by atoms with Crippen molar-refractivity contribution < 1.29 is 19.5 Å². The van der Waals surface area contributed by atoms with Crippen LogP contribution >= 0.6 is 0 Å².